The van der Waals surface area contributed by atoms with Gasteiger partial charge in [0, 0.05) is 25.4 Å². The lowest BCUT2D eigenvalue weighted by Gasteiger charge is -2.32. The van der Waals surface area contributed by atoms with E-state index >= 15 is 0 Å². The largest absolute Gasteiger partial charge is 0.496 e. The van der Waals surface area contributed by atoms with Crippen molar-refractivity contribution in [3.8, 4) is 0 Å². The van der Waals surface area contributed by atoms with E-state index in [1.54, 1.807) is 12.3 Å². The molecule has 7 nitrogen and oxygen atoms in total. The summed E-state index contributed by atoms with van der Waals surface area (Å²) in [6, 6.07) is 3.10. The fraction of sp³-hybridized carbons (Fsp3) is 0.643. The first-order valence-corrected chi connectivity index (χ1v) is 9.31. The monoisotopic (exact) mass is 342 g/mol. The predicted octanol–water partition coefficient (Wildman–Crippen LogP) is -0.303. The van der Waals surface area contributed by atoms with Gasteiger partial charge in [0.05, 0.1) is 17.5 Å². The molecule has 0 aromatic carbocycles. The van der Waals surface area contributed by atoms with Gasteiger partial charge in [-0.05, 0) is 33.2 Å². The van der Waals surface area contributed by atoms with Gasteiger partial charge in [0.25, 0.3) is 5.56 Å². The van der Waals surface area contributed by atoms with Crippen molar-refractivity contribution in [3.05, 3.63) is 28.7 Å². The highest BCUT2D eigenvalue weighted by Crippen LogP contribution is 2.36. The smallest absolute Gasteiger partial charge is 0.399 e. The van der Waals surface area contributed by atoms with E-state index in [0.717, 1.165) is 11.7 Å². The Hall–Kier alpha value is -1.16. The first-order valence-electron chi connectivity index (χ1n) is 7.42. The quantitative estimate of drug-likeness (QED) is 0.743. The second kappa shape index (κ2) is 6.05. The third-order valence-electron chi connectivity index (χ3n) is 4.25. The molecule has 128 valence electrons. The van der Waals surface area contributed by atoms with Crippen LogP contribution >= 0.6 is 0 Å². The van der Waals surface area contributed by atoms with Gasteiger partial charge in [-0.1, -0.05) is 6.07 Å². The van der Waals surface area contributed by atoms with Gasteiger partial charge in [-0.3, -0.25) is 4.79 Å². The lowest BCUT2D eigenvalue weighted by molar-refractivity contribution is 0.00578. The first-order chi connectivity index (χ1) is 10.4. The minimum absolute atomic E-state index is 0.144. The van der Waals surface area contributed by atoms with Crippen molar-refractivity contribution in [2.24, 2.45) is 0 Å². The van der Waals surface area contributed by atoms with Crippen LogP contribution in [0.15, 0.2) is 23.1 Å². The lowest BCUT2D eigenvalue weighted by Crippen LogP contribution is -2.41. The Balaban J connectivity index is 2.17. The number of aromatic nitrogens is 1. The predicted molar refractivity (Wildman–Crippen MR) is 89.3 cm³/mol. The fourth-order valence-corrected chi connectivity index (χ4v) is 2.66. The van der Waals surface area contributed by atoms with Crippen LogP contribution in [0.1, 0.15) is 27.7 Å². The molecule has 2 heterocycles. The van der Waals surface area contributed by atoms with E-state index in [9.17, 15) is 13.2 Å². The Kier molecular flexibility index (Phi) is 4.78. The van der Waals surface area contributed by atoms with E-state index < -0.39 is 28.3 Å². The number of sulfonamides is 1. The third kappa shape index (κ3) is 4.23. The third-order valence-corrected chi connectivity index (χ3v) is 4.98. The van der Waals surface area contributed by atoms with Gasteiger partial charge in [0.2, 0.25) is 10.0 Å². The van der Waals surface area contributed by atoms with Gasteiger partial charge in [0.1, 0.15) is 0 Å². The minimum atomic E-state index is -3.28. The molecule has 1 saturated heterocycles. The highest BCUT2D eigenvalue weighted by molar-refractivity contribution is 7.88. The van der Waals surface area contributed by atoms with Gasteiger partial charge >= 0.3 is 7.12 Å². The zero-order chi connectivity index (χ0) is 17.5. The van der Waals surface area contributed by atoms with E-state index in [4.69, 9.17) is 9.31 Å². The Morgan fingerprint density at radius 3 is 2.26 bits per heavy atom. The van der Waals surface area contributed by atoms with Crippen molar-refractivity contribution >= 4 is 22.6 Å². The zero-order valence-electron chi connectivity index (χ0n) is 14.1. The van der Waals surface area contributed by atoms with Crippen molar-refractivity contribution in [1.29, 1.82) is 0 Å². The summed E-state index contributed by atoms with van der Waals surface area (Å²) >= 11 is 0. The molecule has 1 aliphatic heterocycles. The van der Waals surface area contributed by atoms with Crippen molar-refractivity contribution in [1.82, 2.24) is 9.29 Å². The normalized spacial score (nSPS) is 20.0. The lowest BCUT2D eigenvalue weighted by atomic mass is 9.80. The number of pyridine rings is 1. The summed E-state index contributed by atoms with van der Waals surface area (Å²) in [6.07, 6.45) is 2.73. The Morgan fingerprint density at radius 2 is 1.74 bits per heavy atom. The summed E-state index contributed by atoms with van der Waals surface area (Å²) in [5.41, 5.74) is -0.407. The summed E-state index contributed by atoms with van der Waals surface area (Å²) in [5, 5.41) is 0. The highest BCUT2D eigenvalue weighted by atomic mass is 32.2. The molecule has 0 atom stereocenters. The maximum atomic E-state index is 11.9. The Bertz CT molecular complexity index is 726. The average molecular weight is 342 g/mol. The number of nitrogens with zero attached hydrogens (tertiary/aromatic N) is 1. The Morgan fingerprint density at radius 1 is 1.17 bits per heavy atom. The Labute approximate surface area is 137 Å². The maximum Gasteiger partial charge on any atom is 0.496 e. The molecule has 1 aromatic rings. The molecule has 1 aliphatic rings. The molecule has 2 rings (SSSR count). The SMILES string of the molecule is CC1(C)OB(c2ccc(=O)n(CCNS(C)(=O)=O)c2)OC1(C)C. The van der Waals surface area contributed by atoms with Crippen LogP contribution in [0.5, 0.6) is 0 Å². The van der Waals surface area contributed by atoms with E-state index in [-0.39, 0.29) is 18.6 Å². The van der Waals surface area contributed by atoms with Gasteiger partial charge in [-0.15, -0.1) is 0 Å². The molecule has 0 saturated carbocycles. The number of hydrogen-bond donors (Lipinski definition) is 1. The van der Waals surface area contributed by atoms with E-state index in [1.807, 2.05) is 27.7 Å². The summed E-state index contributed by atoms with van der Waals surface area (Å²) in [7, 11) is -3.84. The average Bonchev–Trinajstić information content (AvgIpc) is 2.59. The van der Waals surface area contributed by atoms with Crippen molar-refractivity contribution in [2.75, 3.05) is 12.8 Å². The molecule has 0 unspecified atom stereocenters. The molecule has 0 radical (unpaired) electrons. The summed E-state index contributed by atoms with van der Waals surface area (Å²) in [4.78, 5) is 11.9. The van der Waals surface area contributed by atoms with Crippen molar-refractivity contribution in [3.63, 3.8) is 0 Å². The van der Waals surface area contributed by atoms with Crippen LogP contribution in [-0.4, -0.2) is 44.1 Å². The van der Waals surface area contributed by atoms with Crippen molar-refractivity contribution in [2.45, 2.75) is 45.4 Å². The molecule has 1 fully saturated rings. The molecule has 0 amide bonds. The molecule has 9 heteroatoms. The second-order valence-corrected chi connectivity index (χ2v) is 8.58. The molecule has 1 N–H and O–H groups in total. The first kappa shape index (κ1) is 18.2. The molecule has 0 aliphatic carbocycles. The summed E-state index contributed by atoms with van der Waals surface area (Å²) in [5.74, 6) is 0. The van der Waals surface area contributed by atoms with Crippen LogP contribution in [0, 0.1) is 0 Å². The standard InChI is InChI=1S/C14H23BN2O5S/c1-13(2)14(3,4)22-15(21-13)11-6-7-12(18)17(10-11)9-8-16-23(5,19)20/h6-7,10,16H,8-9H2,1-5H3. The number of hydrogen-bond acceptors (Lipinski definition) is 5. The van der Waals surface area contributed by atoms with Crippen LogP contribution in [-0.2, 0) is 25.9 Å². The molecule has 1 aromatic heterocycles. The fourth-order valence-electron chi connectivity index (χ4n) is 2.19. The van der Waals surface area contributed by atoms with Crippen LogP contribution in [0.2, 0.25) is 0 Å². The molecule has 0 spiro atoms. The number of nitrogens with one attached hydrogen (secondary N) is 1. The van der Waals surface area contributed by atoms with Crippen molar-refractivity contribution < 1.29 is 17.7 Å². The molecule has 0 bridgehead atoms. The molecule has 23 heavy (non-hydrogen) atoms. The van der Waals surface area contributed by atoms with Gasteiger partial charge < -0.3 is 13.9 Å². The molecular weight excluding hydrogens is 319 g/mol. The second-order valence-electron chi connectivity index (χ2n) is 6.75. The zero-order valence-corrected chi connectivity index (χ0v) is 14.9. The van der Waals surface area contributed by atoms with Gasteiger partial charge in [-0.2, -0.15) is 0 Å². The van der Waals surface area contributed by atoms with Crippen LogP contribution < -0.4 is 15.7 Å². The topological polar surface area (TPSA) is 86.6 Å². The van der Waals surface area contributed by atoms with E-state index in [1.165, 1.54) is 10.6 Å². The highest BCUT2D eigenvalue weighted by Gasteiger charge is 2.51. The van der Waals surface area contributed by atoms with Crippen LogP contribution in [0.3, 0.4) is 0 Å². The minimum Gasteiger partial charge on any atom is -0.399 e. The van der Waals surface area contributed by atoms with Crippen LogP contribution in [0.4, 0.5) is 0 Å². The maximum absolute atomic E-state index is 11.9. The van der Waals surface area contributed by atoms with Gasteiger partial charge in [-0.25, -0.2) is 13.1 Å². The summed E-state index contributed by atoms with van der Waals surface area (Å²) in [6.45, 7) is 8.21. The van der Waals surface area contributed by atoms with E-state index in [2.05, 4.69) is 4.72 Å². The summed E-state index contributed by atoms with van der Waals surface area (Å²) < 4.78 is 37.9. The number of rotatable bonds is 5. The van der Waals surface area contributed by atoms with Gasteiger partial charge in [0.15, 0.2) is 0 Å². The van der Waals surface area contributed by atoms with E-state index in [0.29, 0.717) is 0 Å². The molecular formula is C14H23BN2O5S. The van der Waals surface area contributed by atoms with Crippen LogP contribution in [0.25, 0.3) is 0 Å².